The fourth-order valence-corrected chi connectivity index (χ4v) is 3.25. The number of carbonyl (C=O) groups is 1. The van der Waals surface area contributed by atoms with Gasteiger partial charge in [-0.3, -0.25) is 4.79 Å². The molecule has 1 rings (SSSR count). The summed E-state index contributed by atoms with van der Waals surface area (Å²) in [5.41, 5.74) is 1.23. The number of amides is 1. The summed E-state index contributed by atoms with van der Waals surface area (Å²) in [6.07, 6.45) is 0. The maximum atomic E-state index is 12.2. The number of sulfone groups is 1. The normalized spacial score (nSPS) is 12.3. The molecule has 0 unspecified atom stereocenters. The zero-order chi connectivity index (χ0) is 14.8. The highest BCUT2D eigenvalue weighted by atomic mass is 32.2. The first-order chi connectivity index (χ1) is 8.51. The van der Waals surface area contributed by atoms with Gasteiger partial charge in [-0.1, -0.05) is 17.7 Å². The van der Waals surface area contributed by atoms with Gasteiger partial charge in [0.2, 0.25) is 5.91 Å². The van der Waals surface area contributed by atoms with Crippen molar-refractivity contribution in [3.63, 3.8) is 0 Å². The summed E-state index contributed by atoms with van der Waals surface area (Å²) in [4.78, 5) is 12.0. The van der Waals surface area contributed by atoms with E-state index in [1.807, 2.05) is 27.7 Å². The van der Waals surface area contributed by atoms with Crippen LogP contribution in [0.4, 0.5) is 0 Å². The molecule has 0 aliphatic rings. The molecule has 1 aromatic carbocycles. The predicted octanol–water partition coefficient (Wildman–Crippen LogP) is 1.99. The molecule has 0 aliphatic heterocycles. The minimum atomic E-state index is -3.59. The van der Waals surface area contributed by atoms with Gasteiger partial charge in [0.05, 0.1) is 4.90 Å². The molecule has 0 fully saturated rings. The second kappa shape index (κ2) is 5.33. The van der Waals surface area contributed by atoms with Crippen molar-refractivity contribution in [1.29, 1.82) is 0 Å². The van der Waals surface area contributed by atoms with Crippen LogP contribution in [0, 0.1) is 13.8 Å². The summed E-state index contributed by atoms with van der Waals surface area (Å²) in [7, 11) is -3.59. The average Bonchev–Trinajstić information content (AvgIpc) is 2.11. The van der Waals surface area contributed by atoms with Gasteiger partial charge in [-0.25, -0.2) is 8.42 Å². The Morgan fingerprint density at radius 2 is 1.79 bits per heavy atom. The maximum Gasteiger partial charge on any atom is 0.235 e. The lowest BCUT2D eigenvalue weighted by Crippen LogP contribution is -2.43. The number of rotatable bonds is 3. The third-order valence-electron chi connectivity index (χ3n) is 2.50. The minimum Gasteiger partial charge on any atom is -0.351 e. The Hall–Kier alpha value is -1.36. The summed E-state index contributed by atoms with van der Waals surface area (Å²) < 4.78 is 24.4. The van der Waals surface area contributed by atoms with Crippen LogP contribution in [0.3, 0.4) is 0 Å². The smallest absolute Gasteiger partial charge is 0.235 e. The Kier molecular flexibility index (Phi) is 4.40. The topological polar surface area (TPSA) is 63.2 Å². The first-order valence-corrected chi connectivity index (χ1v) is 7.77. The minimum absolute atomic E-state index is 0.224. The third-order valence-corrected chi connectivity index (χ3v) is 4.27. The largest absolute Gasteiger partial charge is 0.351 e. The highest BCUT2D eigenvalue weighted by molar-refractivity contribution is 7.92. The fraction of sp³-hybridized carbons (Fsp3) is 0.500. The van der Waals surface area contributed by atoms with E-state index in [0.717, 1.165) is 5.56 Å². The van der Waals surface area contributed by atoms with Crippen LogP contribution in [-0.4, -0.2) is 25.6 Å². The SMILES string of the molecule is Cc1ccc(S(=O)(=O)CC(=O)NC(C)(C)C)c(C)c1. The second-order valence-electron chi connectivity index (χ2n) is 5.83. The highest BCUT2D eigenvalue weighted by Crippen LogP contribution is 2.18. The van der Waals surface area contributed by atoms with Gasteiger partial charge >= 0.3 is 0 Å². The molecule has 0 radical (unpaired) electrons. The van der Waals surface area contributed by atoms with E-state index in [0.29, 0.717) is 5.56 Å². The molecule has 0 saturated carbocycles. The number of hydrogen-bond donors (Lipinski definition) is 1. The van der Waals surface area contributed by atoms with Gasteiger partial charge in [0.15, 0.2) is 9.84 Å². The van der Waals surface area contributed by atoms with E-state index in [1.165, 1.54) is 0 Å². The van der Waals surface area contributed by atoms with Crippen LogP contribution in [0.25, 0.3) is 0 Å². The number of carbonyl (C=O) groups excluding carboxylic acids is 1. The maximum absolute atomic E-state index is 12.2. The molecule has 0 heterocycles. The van der Waals surface area contributed by atoms with Crippen LogP contribution in [-0.2, 0) is 14.6 Å². The average molecular weight is 283 g/mol. The van der Waals surface area contributed by atoms with E-state index < -0.39 is 27.0 Å². The fourth-order valence-electron chi connectivity index (χ4n) is 1.85. The lowest BCUT2D eigenvalue weighted by Gasteiger charge is -2.20. The summed E-state index contributed by atoms with van der Waals surface area (Å²) >= 11 is 0. The van der Waals surface area contributed by atoms with E-state index in [-0.39, 0.29) is 4.90 Å². The lowest BCUT2D eigenvalue weighted by molar-refractivity contribution is -0.120. The molecule has 0 bridgehead atoms. The van der Waals surface area contributed by atoms with Crippen LogP contribution in [0.1, 0.15) is 31.9 Å². The van der Waals surface area contributed by atoms with Crippen molar-refractivity contribution >= 4 is 15.7 Å². The van der Waals surface area contributed by atoms with Gasteiger partial charge in [0.25, 0.3) is 0 Å². The molecule has 106 valence electrons. The molecule has 1 N–H and O–H groups in total. The second-order valence-corrected chi connectivity index (χ2v) is 7.78. The summed E-state index contributed by atoms with van der Waals surface area (Å²) in [5.74, 6) is -0.999. The van der Waals surface area contributed by atoms with E-state index >= 15 is 0 Å². The summed E-state index contributed by atoms with van der Waals surface area (Å²) in [6.45, 7) is 9.08. The van der Waals surface area contributed by atoms with Crippen LogP contribution >= 0.6 is 0 Å². The number of hydrogen-bond acceptors (Lipinski definition) is 3. The molecule has 0 spiro atoms. The van der Waals surface area contributed by atoms with E-state index in [9.17, 15) is 13.2 Å². The molecular weight excluding hydrogens is 262 g/mol. The van der Waals surface area contributed by atoms with Crippen molar-refractivity contribution in [2.24, 2.45) is 0 Å². The zero-order valence-electron chi connectivity index (χ0n) is 12.1. The number of nitrogens with one attached hydrogen (secondary N) is 1. The zero-order valence-corrected chi connectivity index (χ0v) is 12.9. The van der Waals surface area contributed by atoms with Crippen molar-refractivity contribution in [1.82, 2.24) is 5.32 Å². The van der Waals surface area contributed by atoms with E-state index in [4.69, 9.17) is 0 Å². The van der Waals surface area contributed by atoms with Crippen LogP contribution in [0.15, 0.2) is 23.1 Å². The Bertz CT molecular complexity index is 583. The molecule has 0 aliphatic carbocycles. The van der Waals surface area contributed by atoms with E-state index in [1.54, 1.807) is 25.1 Å². The van der Waals surface area contributed by atoms with Crippen molar-refractivity contribution in [2.45, 2.75) is 45.1 Å². The Labute approximate surface area is 115 Å². The molecule has 1 amide bonds. The first-order valence-electron chi connectivity index (χ1n) is 6.12. The summed E-state index contributed by atoms with van der Waals surface area (Å²) in [5, 5.41) is 2.66. The van der Waals surface area contributed by atoms with Crippen molar-refractivity contribution in [3.8, 4) is 0 Å². The molecular formula is C14H21NO3S. The van der Waals surface area contributed by atoms with E-state index in [2.05, 4.69) is 5.32 Å². The molecule has 0 saturated heterocycles. The molecule has 4 nitrogen and oxygen atoms in total. The van der Waals surface area contributed by atoms with Crippen molar-refractivity contribution in [3.05, 3.63) is 29.3 Å². The van der Waals surface area contributed by atoms with Crippen LogP contribution < -0.4 is 5.32 Å². The number of aryl methyl sites for hydroxylation is 2. The summed E-state index contributed by atoms with van der Waals surface area (Å²) in [6, 6.07) is 5.10. The Balaban J connectivity index is 2.96. The molecule has 19 heavy (non-hydrogen) atoms. The first kappa shape index (κ1) is 15.7. The van der Waals surface area contributed by atoms with Gasteiger partial charge in [-0.05, 0) is 46.2 Å². The predicted molar refractivity (Wildman–Crippen MR) is 75.9 cm³/mol. The Morgan fingerprint density at radius 3 is 2.26 bits per heavy atom. The molecule has 5 heteroatoms. The highest BCUT2D eigenvalue weighted by Gasteiger charge is 2.23. The van der Waals surface area contributed by atoms with Gasteiger partial charge in [-0.2, -0.15) is 0 Å². The van der Waals surface area contributed by atoms with Gasteiger partial charge in [0, 0.05) is 5.54 Å². The quantitative estimate of drug-likeness (QED) is 0.922. The standard InChI is InChI=1S/C14H21NO3S/c1-10-6-7-12(11(2)8-10)19(17,18)9-13(16)15-14(3,4)5/h6-8H,9H2,1-5H3,(H,15,16). The molecule has 0 atom stereocenters. The lowest BCUT2D eigenvalue weighted by atomic mass is 10.1. The molecule has 1 aromatic rings. The van der Waals surface area contributed by atoms with Crippen molar-refractivity contribution < 1.29 is 13.2 Å². The van der Waals surface area contributed by atoms with Crippen molar-refractivity contribution in [2.75, 3.05) is 5.75 Å². The van der Waals surface area contributed by atoms with Gasteiger partial charge in [0.1, 0.15) is 5.75 Å². The number of benzene rings is 1. The van der Waals surface area contributed by atoms with Crippen LogP contribution in [0.5, 0.6) is 0 Å². The molecule has 0 aromatic heterocycles. The van der Waals surface area contributed by atoms with Crippen LogP contribution in [0.2, 0.25) is 0 Å². The van der Waals surface area contributed by atoms with Gasteiger partial charge in [-0.15, -0.1) is 0 Å². The van der Waals surface area contributed by atoms with Gasteiger partial charge < -0.3 is 5.32 Å². The Morgan fingerprint density at radius 1 is 1.21 bits per heavy atom. The third kappa shape index (κ3) is 4.67. The monoisotopic (exact) mass is 283 g/mol.